The molecule has 0 fully saturated rings. The normalized spacial score (nSPS) is 11.9. The summed E-state index contributed by atoms with van der Waals surface area (Å²) in [5.74, 6) is 0. The lowest BCUT2D eigenvalue weighted by Crippen LogP contribution is -2.08. The van der Waals surface area contributed by atoms with E-state index in [1.165, 1.54) is 6.07 Å². The number of hydrogen-bond donors (Lipinski definition) is 2. The molecule has 5 nitrogen and oxygen atoms in total. The van der Waals surface area contributed by atoms with Gasteiger partial charge in [-0.2, -0.15) is 0 Å². The quantitative estimate of drug-likeness (QED) is 0.618. The number of rotatable bonds is 5. The summed E-state index contributed by atoms with van der Waals surface area (Å²) >= 11 is 1.09. The SMILES string of the molecule is Cl.N[C@@H](CCCO)c1ccc([N+](=O)[O-])s1. The molecule has 1 rings (SSSR count). The first kappa shape index (κ1) is 14.3. The summed E-state index contributed by atoms with van der Waals surface area (Å²) in [7, 11) is 0. The van der Waals surface area contributed by atoms with Crippen molar-refractivity contribution < 1.29 is 10.0 Å². The van der Waals surface area contributed by atoms with E-state index in [0.29, 0.717) is 12.8 Å². The van der Waals surface area contributed by atoms with Gasteiger partial charge in [0.2, 0.25) is 0 Å². The molecule has 7 heteroatoms. The summed E-state index contributed by atoms with van der Waals surface area (Å²) in [5.41, 5.74) is 5.77. The van der Waals surface area contributed by atoms with Gasteiger partial charge in [-0.3, -0.25) is 10.1 Å². The molecule has 0 aromatic carbocycles. The van der Waals surface area contributed by atoms with Gasteiger partial charge in [-0.1, -0.05) is 11.3 Å². The van der Waals surface area contributed by atoms with Gasteiger partial charge < -0.3 is 10.8 Å². The highest BCUT2D eigenvalue weighted by atomic mass is 35.5. The van der Waals surface area contributed by atoms with Crippen LogP contribution in [-0.2, 0) is 0 Å². The molecule has 0 amide bonds. The Labute approximate surface area is 97.5 Å². The second-order valence-corrected chi connectivity index (χ2v) is 4.00. The lowest BCUT2D eigenvalue weighted by atomic mass is 10.1. The smallest absolute Gasteiger partial charge is 0.324 e. The maximum absolute atomic E-state index is 10.4. The van der Waals surface area contributed by atoms with Gasteiger partial charge in [0.15, 0.2) is 0 Å². The summed E-state index contributed by atoms with van der Waals surface area (Å²) in [6.45, 7) is 0.0984. The molecular weight excluding hydrogens is 240 g/mol. The Morgan fingerprint density at radius 2 is 2.27 bits per heavy atom. The highest BCUT2D eigenvalue weighted by Crippen LogP contribution is 2.29. The molecule has 0 saturated heterocycles. The van der Waals surface area contributed by atoms with Crippen LogP contribution in [0.3, 0.4) is 0 Å². The predicted octanol–water partition coefficient (Wildman–Crippen LogP) is 1.85. The number of nitrogens with zero attached hydrogens (tertiary/aromatic N) is 1. The van der Waals surface area contributed by atoms with E-state index in [9.17, 15) is 10.1 Å². The van der Waals surface area contributed by atoms with Crippen LogP contribution in [0.15, 0.2) is 12.1 Å². The van der Waals surface area contributed by atoms with Crippen LogP contribution >= 0.6 is 23.7 Å². The highest BCUT2D eigenvalue weighted by Gasteiger charge is 2.14. The summed E-state index contributed by atoms with van der Waals surface area (Å²) in [6.07, 6.45) is 1.26. The van der Waals surface area contributed by atoms with E-state index < -0.39 is 4.92 Å². The van der Waals surface area contributed by atoms with Crippen molar-refractivity contribution in [2.24, 2.45) is 5.73 Å². The Kier molecular flexibility index (Phi) is 6.42. The molecule has 1 aromatic rings. The van der Waals surface area contributed by atoms with Gasteiger partial charge in [-0.05, 0) is 18.9 Å². The molecule has 0 saturated carbocycles. The second-order valence-electron chi connectivity index (χ2n) is 2.91. The third-order valence-electron chi connectivity index (χ3n) is 1.83. The van der Waals surface area contributed by atoms with Gasteiger partial charge in [-0.25, -0.2) is 0 Å². The fourth-order valence-electron chi connectivity index (χ4n) is 1.09. The minimum absolute atomic E-state index is 0. The summed E-state index contributed by atoms with van der Waals surface area (Å²) in [5, 5.41) is 19.1. The van der Waals surface area contributed by atoms with Crippen LogP contribution in [0.25, 0.3) is 0 Å². The number of nitro groups is 1. The Bertz CT molecular complexity index is 319. The Balaban J connectivity index is 0.00000196. The van der Waals surface area contributed by atoms with Crippen LogP contribution in [-0.4, -0.2) is 16.6 Å². The van der Waals surface area contributed by atoms with E-state index in [0.717, 1.165) is 16.2 Å². The summed E-state index contributed by atoms with van der Waals surface area (Å²) in [4.78, 5) is 10.8. The zero-order valence-electron chi connectivity index (χ0n) is 7.96. The number of thiophene rings is 1. The van der Waals surface area contributed by atoms with Gasteiger partial charge in [0.05, 0.1) is 4.92 Å². The van der Waals surface area contributed by atoms with E-state index in [2.05, 4.69) is 0 Å². The average molecular weight is 253 g/mol. The van der Waals surface area contributed by atoms with Crippen molar-refractivity contribution in [3.05, 3.63) is 27.1 Å². The Morgan fingerprint density at radius 1 is 1.60 bits per heavy atom. The number of nitrogens with two attached hydrogens (primary N) is 1. The second kappa shape index (κ2) is 6.73. The predicted molar refractivity (Wildman–Crippen MR) is 61.5 cm³/mol. The first-order valence-corrected chi connectivity index (χ1v) is 5.07. The molecule has 0 aliphatic heterocycles. The van der Waals surface area contributed by atoms with E-state index >= 15 is 0 Å². The van der Waals surface area contributed by atoms with Crippen molar-refractivity contribution in [3.63, 3.8) is 0 Å². The molecule has 0 unspecified atom stereocenters. The van der Waals surface area contributed by atoms with Crippen LogP contribution in [0, 0.1) is 10.1 Å². The number of aliphatic hydroxyl groups excluding tert-OH is 1. The van der Waals surface area contributed by atoms with Gasteiger partial charge >= 0.3 is 5.00 Å². The van der Waals surface area contributed by atoms with Gasteiger partial charge in [0.25, 0.3) is 0 Å². The van der Waals surface area contributed by atoms with E-state index in [1.54, 1.807) is 6.07 Å². The molecular formula is C8H13ClN2O3S. The van der Waals surface area contributed by atoms with Gasteiger partial charge in [0, 0.05) is 23.6 Å². The number of aliphatic hydroxyl groups is 1. The maximum Gasteiger partial charge on any atom is 0.324 e. The summed E-state index contributed by atoms with van der Waals surface area (Å²) < 4.78 is 0. The molecule has 0 bridgehead atoms. The maximum atomic E-state index is 10.4. The zero-order valence-corrected chi connectivity index (χ0v) is 9.59. The molecule has 0 aliphatic rings. The van der Waals surface area contributed by atoms with Crippen LogP contribution in [0.4, 0.5) is 5.00 Å². The minimum atomic E-state index is -0.424. The number of hydrogen-bond acceptors (Lipinski definition) is 5. The standard InChI is InChI=1S/C8H12N2O3S.ClH/c9-6(2-1-5-11)7-3-4-8(14-7)10(12)13;/h3-4,6,11H,1-2,5,9H2;1H/t6-;/m0./s1. The molecule has 86 valence electrons. The van der Waals surface area contributed by atoms with Crippen LogP contribution in [0.2, 0.25) is 0 Å². The van der Waals surface area contributed by atoms with E-state index in [1.807, 2.05) is 0 Å². The lowest BCUT2D eigenvalue weighted by molar-refractivity contribution is -0.380. The van der Waals surface area contributed by atoms with Crippen LogP contribution < -0.4 is 5.73 Å². The van der Waals surface area contributed by atoms with Crippen molar-refractivity contribution in [1.82, 2.24) is 0 Å². The Hall–Kier alpha value is -0.690. The van der Waals surface area contributed by atoms with Crippen LogP contribution in [0.1, 0.15) is 23.8 Å². The van der Waals surface area contributed by atoms with E-state index in [-0.39, 0.29) is 30.1 Å². The molecule has 3 N–H and O–H groups in total. The topological polar surface area (TPSA) is 89.4 Å². The molecule has 0 aliphatic carbocycles. The van der Waals surface area contributed by atoms with Crippen molar-refractivity contribution in [3.8, 4) is 0 Å². The lowest BCUT2D eigenvalue weighted by Gasteiger charge is -2.06. The number of halogens is 1. The third kappa shape index (κ3) is 4.13. The fraction of sp³-hybridized carbons (Fsp3) is 0.500. The first-order valence-electron chi connectivity index (χ1n) is 4.25. The molecule has 0 radical (unpaired) electrons. The van der Waals surface area contributed by atoms with Crippen molar-refractivity contribution in [2.75, 3.05) is 6.61 Å². The van der Waals surface area contributed by atoms with Gasteiger partial charge in [0.1, 0.15) is 0 Å². The van der Waals surface area contributed by atoms with Gasteiger partial charge in [-0.15, -0.1) is 12.4 Å². The first-order chi connectivity index (χ1) is 6.65. The average Bonchev–Trinajstić information content (AvgIpc) is 2.62. The van der Waals surface area contributed by atoms with Crippen molar-refractivity contribution >= 4 is 28.7 Å². The van der Waals surface area contributed by atoms with E-state index in [4.69, 9.17) is 10.8 Å². The highest BCUT2D eigenvalue weighted by molar-refractivity contribution is 7.15. The van der Waals surface area contributed by atoms with Crippen LogP contribution in [0.5, 0.6) is 0 Å². The summed E-state index contributed by atoms with van der Waals surface area (Å²) in [6, 6.07) is 2.92. The van der Waals surface area contributed by atoms with Crippen molar-refractivity contribution in [1.29, 1.82) is 0 Å². The largest absolute Gasteiger partial charge is 0.396 e. The molecule has 1 heterocycles. The van der Waals surface area contributed by atoms with Crippen molar-refractivity contribution in [2.45, 2.75) is 18.9 Å². The zero-order chi connectivity index (χ0) is 10.6. The molecule has 15 heavy (non-hydrogen) atoms. The fourth-order valence-corrected chi connectivity index (χ4v) is 1.95. The Morgan fingerprint density at radius 3 is 2.73 bits per heavy atom. The molecule has 0 spiro atoms. The minimum Gasteiger partial charge on any atom is -0.396 e. The molecule has 1 atom stereocenters. The third-order valence-corrected chi connectivity index (χ3v) is 3.00. The molecule has 1 aromatic heterocycles. The monoisotopic (exact) mass is 252 g/mol.